The number of aliphatic hydroxyl groups excluding tert-OH is 1. The third kappa shape index (κ3) is 6.29. The molecule has 0 heterocycles. The molecule has 1 unspecified atom stereocenters. The average Bonchev–Trinajstić information content (AvgIpc) is 2.34. The number of halogens is 1. The number of benzene rings is 1. The molecule has 0 saturated heterocycles. The number of hydrogen-bond acceptors (Lipinski definition) is 4. The van der Waals surface area contributed by atoms with E-state index in [1.54, 1.807) is 7.11 Å². The molecule has 0 spiro atoms. The first-order valence-electron chi connectivity index (χ1n) is 5.36. The highest BCUT2D eigenvalue weighted by Gasteiger charge is 2.07. The number of methoxy groups -OCH3 is 1. The van der Waals surface area contributed by atoms with Gasteiger partial charge in [0.1, 0.15) is 0 Å². The molecule has 1 aromatic rings. The Morgan fingerprint density at radius 2 is 2.12 bits per heavy atom. The van der Waals surface area contributed by atoms with Gasteiger partial charge >= 0.3 is 0 Å². The maximum atomic E-state index is 9.67. The summed E-state index contributed by atoms with van der Waals surface area (Å²) in [6, 6.07) is 7.59. The van der Waals surface area contributed by atoms with E-state index in [-0.39, 0.29) is 0 Å². The Kier molecular flexibility index (Phi) is 7.64. The number of aliphatic hydroxyl groups is 1. The van der Waals surface area contributed by atoms with Crippen LogP contribution in [0.25, 0.3) is 0 Å². The normalized spacial score (nSPS) is 12.6. The fraction of sp³-hybridized carbons (Fsp3) is 0.500. The molecular weight excluding hydrogens is 260 g/mol. The summed E-state index contributed by atoms with van der Waals surface area (Å²) in [4.78, 5) is 0.977. The second kappa shape index (κ2) is 8.78. The van der Waals surface area contributed by atoms with Crippen molar-refractivity contribution in [2.24, 2.45) is 0 Å². The lowest BCUT2D eigenvalue weighted by atomic mass is 10.4. The number of rotatable bonds is 8. The average molecular weight is 277 g/mol. The molecule has 0 bridgehead atoms. The molecule has 1 N–H and O–H groups in total. The largest absolute Gasteiger partial charge is 0.390 e. The predicted molar refractivity (Wildman–Crippen MR) is 70.9 cm³/mol. The second-order valence-corrected chi connectivity index (χ2v) is 4.93. The van der Waals surface area contributed by atoms with Gasteiger partial charge in [-0.05, 0) is 12.1 Å². The van der Waals surface area contributed by atoms with Crippen molar-refractivity contribution >= 4 is 23.4 Å². The zero-order chi connectivity index (χ0) is 12.5. The van der Waals surface area contributed by atoms with Crippen LogP contribution in [0, 0.1) is 0 Å². The summed E-state index contributed by atoms with van der Waals surface area (Å²) in [5, 5.41) is 10.4. The maximum absolute atomic E-state index is 9.67. The van der Waals surface area contributed by atoms with E-state index in [4.69, 9.17) is 21.1 Å². The van der Waals surface area contributed by atoms with Crippen LogP contribution >= 0.6 is 23.4 Å². The fourth-order valence-corrected chi connectivity index (χ4v) is 2.31. The van der Waals surface area contributed by atoms with Crippen LogP contribution in [0.4, 0.5) is 0 Å². The van der Waals surface area contributed by atoms with E-state index >= 15 is 0 Å². The van der Waals surface area contributed by atoms with Gasteiger partial charge in [-0.1, -0.05) is 23.7 Å². The van der Waals surface area contributed by atoms with Crippen LogP contribution in [0.3, 0.4) is 0 Å². The van der Waals surface area contributed by atoms with Gasteiger partial charge in [0, 0.05) is 17.8 Å². The van der Waals surface area contributed by atoms with Gasteiger partial charge in [-0.2, -0.15) is 0 Å². The summed E-state index contributed by atoms with van der Waals surface area (Å²) in [6.45, 7) is 1.37. The Labute approximate surface area is 111 Å². The van der Waals surface area contributed by atoms with Gasteiger partial charge in [0.15, 0.2) is 0 Å². The molecule has 0 aromatic heterocycles. The highest BCUT2D eigenvalue weighted by atomic mass is 35.5. The molecule has 0 saturated carbocycles. The van der Waals surface area contributed by atoms with E-state index in [1.807, 2.05) is 24.3 Å². The SMILES string of the molecule is COCCOCC(O)CSc1ccccc1Cl. The summed E-state index contributed by atoms with van der Waals surface area (Å²) < 4.78 is 10.1. The van der Waals surface area contributed by atoms with E-state index < -0.39 is 6.10 Å². The monoisotopic (exact) mass is 276 g/mol. The summed E-state index contributed by atoms with van der Waals surface area (Å²) in [5.41, 5.74) is 0. The molecule has 1 atom stereocenters. The van der Waals surface area contributed by atoms with Crippen molar-refractivity contribution in [2.45, 2.75) is 11.0 Å². The van der Waals surface area contributed by atoms with E-state index in [2.05, 4.69) is 0 Å². The van der Waals surface area contributed by atoms with Crippen molar-refractivity contribution in [3.05, 3.63) is 29.3 Å². The summed E-state index contributed by atoms with van der Waals surface area (Å²) in [7, 11) is 1.62. The van der Waals surface area contributed by atoms with Crippen LogP contribution in [0.5, 0.6) is 0 Å². The third-order valence-corrected chi connectivity index (χ3v) is 3.67. The summed E-state index contributed by atoms with van der Waals surface area (Å²) in [5.74, 6) is 0.566. The van der Waals surface area contributed by atoms with E-state index in [0.29, 0.717) is 30.6 Å². The molecule has 0 aliphatic heterocycles. The lowest BCUT2D eigenvalue weighted by molar-refractivity contribution is 0.0218. The molecule has 3 nitrogen and oxygen atoms in total. The van der Waals surface area contributed by atoms with Gasteiger partial charge in [0.25, 0.3) is 0 Å². The van der Waals surface area contributed by atoms with E-state index in [9.17, 15) is 5.11 Å². The van der Waals surface area contributed by atoms with Crippen LogP contribution in [0.15, 0.2) is 29.2 Å². The molecule has 0 aliphatic rings. The second-order valence-electron chi connectivity index (χ2n) is 3.46. The Balaban J connectivity index is 2.19. The molecule has 0 amide bonds. The molecule has 17 heavy (non-hydrogen) atoms. The lowest BCUT2D eigenvalue weighted by Gasteiger charge is -2.11. The first kappa shape index (κ1) is 14.8. The van der Waals surface area contributed by atoms with Gasteiger partial charge < -0.3 is 14.6 Å². The zero-order valence-electron chi connectivity index (χ0n) is 9.77. The molecule has 5 heteroatoms. The van der Waals surface area contributed by atoms with Gasteiger partial charge in [-0.15, -0.1) is 11.8 Å². The zero-order valence-corrected chi connectivity index (χ0v) is 11.3. The minimum Gasteiger partial charge on any atom is -0.390 e. The van der Waals surface area contributed by atoms with E-state index in [1.165, 1.54) is 11.8 Å². The topological polar surface area (TPSA) is 38.7 Å². The molecule has 0 aliphatic carbocycles. The van der Waals surface area contributed by atoms with Crippen molar-refractivity contribution in [1.82, 2.24) is 0 Å². The van der Waals surface area contributed by atoms with E-state index in [0.717, 1.165) is 4.90 Å². The van der Waals surface area contributed by atoms with Gasteiger partial charge in [0.2, 0.25) is 0 Å². The molecule has 1 rings (SSSR count). The number of ether oxygens (including phenoxy) is 2. The van der Waals surface area contributed by atoms with Crippen molar-refractivity contribution in [1.29, 1.82) is 0 Å². The van der Waals surface area contributed by atoms with Crippen LogP contribution in [-0.4, -0.2) is 43.9 Å². The van der Waals surface area contributed by atoms with Crippen LogP contribution in [-0.2, 0) is 9.47 Å². The fourth-order valence-electron chi connectivity index (χ4n) is 1.16. The highest BCUT2D eigenvalue weighted by Crippen LogP contribution is 2.26. The minimum atomic E-state index is -0.492. The van der Waals surface area contributed by atoms with Gasteiger partial charge in [0.05, 0.1) is 30.9 Å². The Bertz CT molecular complexity index is 322. The van der Waals surface area contributed by atoms with Gasteiger partial charge in [-0.3, -0.25) is 0 Å². The molecule has 0 fully saturated rings. The Morgan fingerprint density at radius 3 is 2.82 bits per heavy atom. The standard InChI is InChI=1S/C12H17ClO3S/c1-15-6-7-16-8-10(14)9-17-12-5-3-2-4-11(12)13/h2-5,10,14H,6-9H2,1H3. The summed E-state index contributed by atoms with van der Waals surface area (Å²) >= 11 is 7.53. The van der Waals surface area contributed by atoms with Gasteiger partial charge in [-0.25, -0.2) is 0 Å². The van der Waals surface area contributed by atoms with Crippen LogP contribution < -0.4 is 0 Å². The lowest BCUT2D eigenvalue weighted by Crippen LogP contribution is -2.19. The van der Waals surface area contributed by atoms with Crippen molar-refractivity contribution in [2.75, 3.05) is 32.7 Å². The van der Waals surface area contributed by atoms with Crippen molar-refractivity contribution < 1.29 is 14.6 Å². The smallest absolute Gasteiger partial charge is 0.0867 e. The molecule has 96 valence electrons. The third-order valence-electron chi connectivity index (χ3n) is 2.01. The van der Waals surface area contributed by atoms with Crippen LogP contribution in [0.2, 0.25) is 5.02 Å². The number of hydrogen-bond donors (Lipinski definition) is 1. The predicted octanol–water partition coefficient (Wildman–Crippen LogP) is 2.46. The molecule has 0 radical (unpaired) electrons. The minimum absolute atomic E-state index is 0.320. The highest BCUT2D eigenvalue weighted by molar-refractivity contribution is 7.99. The Hall–Kier alpha value is -0.260. The molecule has 1 aromatic carbocycles. The summed E-state index contributed by atoms with van der Waals surface area (Å²) in [6.07, 6.45) is -0.492. The van der Waals surface area contributed by atoms with Crippen molar-refractivity contribution in [3.63, 3.8) is 0 Å². The maximum Gasteiger partial charge on any atom is 0.0867 e. The quantitative estimate of drug-likeness (QED) is 0.585. The first-order chi connectivity index (χ1) is 8.24. The van der Waals surface area contributed by atoms with Crippen LogP contribution in [0.1, 0.15) is 0 Å². The van der Waals surface area contributed by atoms with Crippen molar-refractivity contribution in [3.8, 4) is 0 Å². The molecular formula is C12H17ClO3S. The number of thioether (sulfide) groups is 1. The first-order valence-corrected chi connectivity index (χ1v) is 6.72. The Morgan fingerprint density at radius 1 is 1.35 bits per heavy atom.